The van der Waals surface area contributed by atoms with Crippen LogP contribution in [0.15, 0.2) is 30.3 Å². The van der Waals surface area contributed by atoms with Gasteiger partial charge in [-0.2, -0.15) is 0 Å². The highest BCUT2D eigenvalue weighted by molar-refractivity contribution is 5.59. The Kier molecular flexibility index (Phi) is 4.15. The summed E-state index contributed by atoms with van der Waals surface area (Å²) in [6.07, 6.45) is 0.991. The molecular formula is C16H21N3. The highest BCUT2D eigenvalue weighted by atomic mass is 14.9. The Bertz CT molecular complexity index is 544. The minimum absolute atomic E-state index is 0.605. The largest absolute Gasteiger partial charge is 0.388 e. The Hall–Kier alpha value is -1.90. The third-order valence-electron chi connectivity index (χ3n) is 2.96. The van der Waals surface area contributed by atoms with Crippen LogP contribution in [0.4, 0.5) is 5.69 Å². The Morgan fingerprint density at radius 1 is 1.11 bits per heavy atom. The van der Waals surface area contributed by atoms with Gasteiger partial charge in [0.2, 0.25) is 0 Å². The van der Waals surface area contributed by atoms with E-state index in [0.717, 1.165) is 34.9 Å². The van der Waals surface area contributed by atoms with Crippen LogP contribution in [0.3, 0.4) is 0 Å². The summed E-state index contributed by atoms with van der Waals surface area (Å²) in [7, 11) is 1.92. The van der Waals surface area contributed by atoms with Gasteiger partial charge in [-0.05, 0) is 49.6 Å². The Balaban J connectivity index is 2.34. The fourth-order valence-corrected chi connectivity index (χ4v) is 2.07. The van der Waals surface area contributed by atoms with Crippen molar-refractivity contribution in [2.75, 3.05) is 12.4 Å². The molecule has 0 saturated heterocycles. The maximum absolute atomic E-state index is 4.67. The van der Waals surface area contributed by atoms with Crippen molar-refractivity contribution in [2.24, 2.45) is 5.92 Å². The highest BCUT2D eigenvalue weighted by Crippen LogP contribution is 2.19. The van der Waals surface area contributed by atoms with E-state index in [1.165, 1.54) is 0 Å². The predicted octanol–water partition coefficient (Wildman–Crippen LogP) is 3.69. The van der Waals surface area contributed by atoms with E-state index in [9.17, 15) is 0 Å². The molecule has 0 aliphatic carbocycles. The molecule has 2 rings (SSSR count). The van der Waals surface area contributed by atoms with E-state index < -0.39 is 0 Å². The minimum atomic E-state index is 0.605. The maximum Gasteiger partial charge on any atom is 0.159 e. The zero-order valence-electron chi connectivity index (χ0n) is 12.1. The molecule has 1 heterocycles. The zero-order chi connectivity index (χ0) is 13.8. The van der Waals surface area contributed by atoms with E-state index in [0.29, 0.717) is 5.92 Å². The second-order valence-corrected chi connectivity index (χ2v) is 5.25. The van der Waals surface area contributed by atoms with Gasteiger partial charge in [-0.3, -0.25) is 0 Å². The fourth-order valence-electron chi connectivity index (χ4n) is 2.07. The number of nitrogens with one attached hydrogen (secondary N) is 1. The first kappa shape index (κ1) is 13.5. The quantitative estimate of drug-likeness (QED) is 0.905. The normalized spacial score (nSPS) is 10.8. The van der Waals surface area contributed by atoms with Gasteiger partial charge in [-0.1, -0.05) is 13.8 Å². The summed E-state index contributed by atoms with van der Waals surface area (Å²) >= 11 is 0. The molecule has 19 heavy (non-hydrogen) atoms. The van der Waals surface area contributed by atoms with E-state index in [4.69, 9.17) is 0 Å². The summed E-state index contributed by atoms with van der Waals surface area (Å²) in [5.74, 6) is 1.42. The number of hydrogen-bond acceptors (Lipinski definition) is 3. The second-order valence-electron chi connectivity index (χ2n) is 5.25. The molecule has 0 radical (unpaired) electrons. The summed E-state index contributed by atoms with van der Waals surface area (Å²) in [6, 6.07) is 10.3. The molecule has 0 bridgehead atoms. The third-order valence-corrected chi connectivity index (χ3v) is 2.96. The van der Waals surface area contributed by atoms with Crippen molar-refractivity contribution in [3.05, 3.63) is 41.7 Å². The van der Waals surface area contributed by atoms with Gasteiger partial charge in [0.25, 0.3) is 0 Å². The summed E-state index contributed by atoms with van der Waals surface area (Å²) in [5, 5.41) is 3.11. The van der Waals surface area contributed by atoms with Gasteiger partial charge in [0.15, 0.2) is 5.82 Å². The summed E-state index contributed by atoms with van der Waals surface area (Å²) in [4.78, 5) is 9.20. The molecule has 0 aliphatic heterocycles. The van der Waals surface area contributed by atoms with Crippen molar-refractivity contribution in [3.63, 3.8) is 0 Å². The second kappa shape index (κ2) is 5.83. The Labute approximate surface area is 115 Å². The third kappa shape index (κ3) is 3.53. The molecule has 1 aromatic carbocycles. The highest BCUT2D eigenvalue weighted by Gasteiger charge is 2.06. The number of benzene rings is 1. The fraction of sp³-hybridized carbons (Fsp3) is 0.375. The first-order valence-electron chi connectivity index (χ1n) is 6.71. The lowest BCUT2D eigenvalue weighted by Crippen LogP contribution is -2.02. The lowest BCUT2D eigenvalue weighted by molar-refractivity contribution is 0.634. The molecule has 1 N–H and O–H groups in total. The molecule has 0 aliphatic rings. The lowest BCUT2D eigenvalue weighted by Gasteiger charge is -2.08. The molecule has 3 heteroatoms. The minimum Gasteiger partial charge on any atom is -0.388 e. The molecule has 3 nitrogen and oxygen atoms in total. The van der Waals surface area contributed by atoms with Crippen molar-refractivity contribution in [1.82, 2.24) is 9.97 Å². The molecule has 2 aromatic rings. The average molecular weight is 255 g/mol. The number of nitrogens with zero attached hydrogens (tertiary/aromatic N) is 2. The molecule has 0 saturated carbocycles. The number of hydrogen-bond donors (Lipinski definition) is 1. The van der Waals surface area contributed by atoms with Gasteiger partial charge < -0.3 is 5.32 Å². The molecule has 100 valence electrons. The molecule has 0 unspecified atom stereocenters. The standard InChI is InChI=1S/C16H21N3/c1-11(2)9-15-10-12(3)18-16(19-15)13-5-7-14(17-4)8-6-13/h5-8,10-11,17H,9H2,1-4H3. The van der Waals surface area contributed by atoms with Gasteiger partial charge in [-0.25, -0.2) is 9.97 Å². The number of anilines is 1. The average Bonchev–Trinajstić information content (AvgIpc) is 2.37. The summed E-state index contributed by atoms with van der Waals surface area (Å²) in [6.45, 7) is 6.44. The zero-order valence-corrected chi connectivity index (χ0v) is 12.1. The van der Waals surface area contributed by atoms with Gasteiger partial charge in [0.1, 0.15) is 0 Å². The monoisotopic (exact) mass is 255 g/mol. The Morgan fingerprint density at radius 2 is 1.79 bits per heavy atom. The maximum atomic E-state index is 4.67. The smallest absolute Gasteiger partial charge is 0.159 e. The van der Waals surface area contributed by atoms with Crippen LogP contribution < -0.4 is 5.32 Å². The molecule has 0 fully saturated rings. The van der Waals surface area contributed by atoms with Crippen LogP contribution in [0, 0.1) is 12.8 Å². The predicted molar refractivity (Wildman–Crippen MR) is 80.3 cm³/mol. The van der Waals surface area contributed by atoms with Gasteiger partial charge in [-0.15, -0.1) is 0 Å². The Morgan fingerprint density at radius 3 is 2.37 bits per heavy atom. The van der Waals surface area contributed by atoms with Crippen molar-refractivity contribution < 1.29 is 0 Å². The van der Waals surface area contributed by atoms with Gasteiger partial charge >= 0.3 is 0 Å². The van der Waals surface area contributed by atoms with Gasteiger partial charge in [0, 0.05) is 29.7 Å². The van der Waals surface area contributed by atoms with Crippen LogP contribution in [0.5, 0.6) is 0 Å². The SMILES string of the molecule is CNc1ccc(-c2nc(C)cc(CC(C)C)n2)cc1. The number of rotatable bonds is 4. The molecule has 0 spiro atoms. The van der Waals surface area contributed by atoms with E-state index in [2.05, 4.69) is 47.3 Å². The van der Waals surface area contributed by atoms with Crippen LogP contribution >= 0.6 is 0 Å². The van der Waals surface area contributed by atoms with Crippen LogP contribution in [-0.2, 0) is 6.42 Å². The molecule has 1 aromatic heterocycles. The van der Waals surface area contributed by atoms with E-state index >= 15 is 0 Å². The van der Waals surface area contributed by atoms with Crippen molar-refractivity contribution in [1.29, 1.82) is 0 Å². The first-order valence-corrected chi connectivity index (χ1v) is 6.71. The summed E-state index contributed by atoms with van der Waals surface area (Å²) < 4.78 is 0. The molecule has 0 atom stereocenters. The lowest BCUT2D eigenvalue weighted by atomic mass is 10.1. The van der Waals surface area contributed by atoms with Crippen molar-refractivity contribution in [2.45, 2.75) is 27.2 Å². The molecular weight excluding hydrogens is 234 g/mol. The van der Waals surface area contributed by atoms with E-state index in [1.807, 2.05) is 26.1 Å². The van der Waals surface area contributed by atoms with Crippen LogP contribution in [0.25, 0.3) is 11.4 Å². The van der Waals surface area contributed by atoms with Gasteiger partial charge in [0.05, 0.1) is 0 Å². The molecule has 0 amide bonds. The first-order chi connectivity index (χ1) is 9.08. The van der Waals surface area contributed by atoms with Crippen LogP contribution in [0.1, 0.15) is 25.2 Å². The topological polar surface area (TPSA) is 37.8 Å². The van der Waals surface area contributed by atoms with Crippen LogP contribution in [0.2, 0.25) is 0 Å². The van der Waals surface area contributed by atoms with Crippen LogP contribution in [-0.4, -0.2) is 17.0 Å². The van der Waals surface area contributed by atoms with E-state index in [-0.39, 0.29) is 0 Å². The van der Waals surface area contributed by atoms with Crippen molar-refractivity contribution >= 4 is 5.69 Å². The van der Waals surface area contributed by atoms with Crippen molar-refractivity contribution in [3.8, 4) is 11.4 Å². The number of aryl methyl sites for hydroxylation is 1. The van der Waals surface area contributed by atoms with E-state index in [1.54, 1.807) is 0 Å². The summed E-state index contributed by atoms with van der Waals surface area (Å²) in [5.41, 5.74) is 4.31. The number of aromatic nitrogens is 2.